The molecule has 0 saturated heterocycles. The molecule has 0 aliphatic carbocycles. The van der Waals surface area contributed by atoms with E-state index >= 15 is 0 Å². The molecule has 0 aliphatic rings. The van der Waals surface area contributed by atoms with Crippen molar-refractivity contribution in [1.29, 1.82) is 0 Å². The molecule has 0 aromatic carbocycles. The summed E-state index contributed by atoms with van der Waals surface area (Å²) < 4.78 is 0. The van der Waals surface area contributed by atoms with Crippen LogP contribution >= 0.6 is 0 Å². The van der Waals surface area contributed by atoms with Gasteiger partial charge in [-0.15, -0.1) is 6.58 Å². The lowest BCUT2D eigenvalue weighted by Crippen LogP contribution is -2.42. The fraction of sp³-hybridized carbons (Fsp3) is 0.818. The SMILES string of the molecule is C=CCC(O)(CCC)C(C)(C)C. The Balaban J connectivity index is 4.48. The quantitative estimate of drug-likeness (QED) is 0.643. The minimum absolute atomic E-state index is 0.0583. The first-order valence-electron chi connectivity index (χ1n) is 4.70. The van der Waals surface area contributed by atoms with E-state index in [0.717, 1.165) is 12.8 Å². The topological polar surface area (TPSA) is 20.2 Å². The van der Waals surface area contributed by atoms with Gasteiger partial charge in [0, 0.05) is 0 Å². The van der Waals surface area contributed by atoms with Crippen LogP contribution in [0.5, 0.6) is 0 Å². The van der Waals surface area contributed by atoms with Crippen molar-refractivity contribution >= 4 is 0 Å². The maximum atomic E-state index is 10.3. The molecule has 1 atom stereocenters. The van der Waals surface area contributed by atoms with Gasteiger partial charge in [-0.25, -0.2) is 0 Å². The van der Waals surface area contributed by atoms with E-state index in [1.807, 2.05) is 0 Å². The highest BCUT2D eigenvalue weighted by Gasteiger charge is 2.37. The molecule has 1 N–H and O–H groups in total. The van der Waals surface area contributed by atoms with E-state index in [2.05, 4.69) is 34.3 Å². The maximum Gasteiger partial charge on any atom is 0.0729 e. The standard InChI is InChI=1S/C11H22O/c1-6-8-11(12,9-7-2)10(3,4)5/h6,12H,1,7-9H2,2-5H3. The van der Waals surface area contributed by atoms with Crippen LogP contribution in [0.1, 0.15) is 47.0 Å². The summed E-state index contributed by atoms with van der Waals surface area (Å²) in [6.45, 7) is 12.0. The second kappa shape index (κ2) is 4.08. The lowest BCUT2D eigenvalue weighted by atomic mass is 9.72. The third-order valence-corrected chi connectivity index (χ3v) is 2.54. The number of rotatable bonds is 4. The van der Waals surface area contributed by atoms with Crippen LogP contribution < -0.4 is 0 Å². The first kappa shape index (κ1) is 11.7. The van der Waals surface area contributed by atoms with E-state index in [4.69, 9.17) is 0 Å². The van der Waals surface area contributed by atoms with Crippen molar-refractivity contribution < 1.29 is 5.11 Å². The third-order valence-electron chi connectivity index (χ3n) is 2.54. The second-order valence-corrected chi connectivity index (χ2v) is 4.52. The van der Waals surface area contributed by atoms with E-state index in [1.165, 1.54) is 0 Å². The normalized spacial score (nSPS) is 17.1. The van der Waals surface area contributed by atoms with Gasteiger partial charge < -0.3 is 5.11 Å². The number of hydrogen-bond donors (Lipinski definition) is 1. The molecule has 0 heterocycles. The number of hydrogen-bond acceptors (Lipinski definition) is 1. The predicted molar refractivity (Wildman–Crippen MR) is 54.1 cm³/mol. The van der Waals surface area contributed by atoms with Gasteiger partial charge in [0.1, 0.15) is 0 Å². The van der Waals surface area contributed by atoms with Gasteiger partial charge in [-0.05, 0) is 18.3 Å². The molecular formula is C11H22O. The molecule has 1 unspecified atom stereocenters. The molecular weight excluding hydrogens is 148 g/mol. The lowest BCUT2D eigenvalue weighted by molar-refractivity contribution is -0.0623. The summed E-state index contributed by atoms with van der Waals surface area (Å²) in [5, 5.41) is 10.3. The van der Waals surface area contributed by atoms with E-state index in [0.29, 0.717) is 6.42 Å². The Morgan fingerprint density at radius 2 is 1.83 bits per heavy atom. The van der Waals surface area contributed by atoms with Gasteiger partial charge in [0.15, 0.2) is 0 Å². The summed E-state index contributed by atoms with van der Waals surface area (Å²) in [7, 11) is 0. The van der Waals surface area contributed by atoms with Crippen LogP contribution in [-0.2, 0) is 0 Å². The molecule has 0 aromatic rings. The molecule has 1 nitrogen and oxygen atoms in total. The van der Waals surface area contributed by atoms with Crippen LogP contribution in [0, 0.1) is 5.41 Å². The van der Waals surface area contributed by atoms with Crippen LogP contribution in [-0.4, -0.2) is 10.7 Å². The molecule has 0 amide bonds. The Hall–Kier alpha value is -0.300. The first-order chi connectivity index (χ1) is 5.37. The smallest absolute Gasteiger partial charge is 0.0729 e. The summed E-state index contributed by atoms with van der Waals surface area (Å²) in [6, 6.07) is 0. The summed E-state index contributed by atoms with van der Waals surface area (Å²) in [6.07, 6.45) is 4.36. The Morgan fingerprint density at radius 1 is 1.33 bits per heavy atom. The fourth-order valence-electron chi connectivity index (χ4n) is 1.44. The van der Waals surface area contributed by atoms with Gasteiger partial charge in [0.25, 0.3) is 0 Å². The van der Waals surface area contributed by atoms with Gasteiger partial charge in [0.2, 0.25) is 0 Å². The van der Waals surface area contributed by atoms with Crippen molar-refractivity contribution in [2.75, 3.05) is 0 Å². The maximum absolute atomic E-state index is 10.3. The second-order valence-electron chi connectivity index (χ2n) is 4.52. The van der Waals surface area contributed by atoms with Crippen LogP contribution in [0.3, 0.4) is 0 Å². The monoisotopic (exact) mass is 170 g/mol. The molecule has 0 rings (SSSR count). The molecule has 0 spiro atoms. The molecule has 0 saturated carbocycles. The van der Waals surface area contributed by atoms with Gasteiger partial charge in [-0.2, -0.15) is 0 Å². The Kier molecular flexibility index (Phi) is 3.98. The van der Waals surface area contributed by atoms with Gasteiger partial charge in [-0.3, -0.25) is 0 Å². The molecule has 0 bridgehead atoms. The number of aliphatic hydroxyl groups is 1. The Labute approximate surface area is 76.5 Å². The van der Waals surface area contributed by atoms with Crippen LogP contribution in [0.15, 0.2) is 12.7 Å². The zero-order valence-electron chi connectivity index (χ0n) is 8.85. The average molecular weight is 170 g/mol. The van der Waals surface area contributed by atoms with E-state index in [9.17, 15) is 5.11 Å². The van der Waals surface area contributed by atoms with Crippen LogP contribution in [0.25, 0.3) is 0 Å². The van der Waals surface area contributed by atoms with Gasteiger partial charge in [0.05, 0.1) is 5.60 Å². The predicted octanol–water partition coefficient (Wildman–Crippen LogP) is 3.14. The fourth-order valence-corrected chi connectivity index (χ4v) is 1.44. The van der Waals surface area contributed by atoms with Crippen molar-refractivity contribution in [3.05, 3.63) is 12.7 Å². The van der Waals surface area contributed by atoms with Crippen LogP contribution in [0.2, 0.25) is 0 Å². The first-order valence-corrected chi connectivity index (χ1v) is 4.70. The van der Waals surface area contributed by atoms with Gasteiger partial charge >= 0.3 is 0 Å². The van der Waals surface area contributed by atoms with Crippen molar-refractivity contribution in [1.82, 2.24) is 0 Å². The van der Waals surface area contributed by atoms with E-state index in [1.54, 1.807) is 6.08 Å². The highest BCUT2D eigenvalue weighted by atomic mass is 16.3. The molecule has 72 valence electrons. The lowest BCUT2D eigenvalue weighted by Gasteiger charge is -2.39. The van der Waals surface area contributed by atoms with Crippen molar-refractivity contribution in [2.24, 2.45) is 5.41 Å². The van der Waals surface area contributed by atoms with Crippen molar-refractivity contribution in [2.45, 2.75) is 52.6 Å². The van der Waals surface area contributed by atoms with Gasteiger partial charge in [-0.1, -0.05) is 40.2 Å². The summed E-state index contributed by atoms with van der Waals surface area (Å²) in [5.74, 6) is 0. The Morgan fingerprint density at radius 3 is 2.08 bits per heavy atom. The molecule has 0 aliphatic heterocycles. The minimum Gasteiger partial charge on any atom is -0.389 e. The molecule has 0 radical (unpaired) electrons. The van der Waals surface area contributed by atoms with Crippen LogP contribution in [0.4, 0.5) is 0 Å². The third kappa shape index (κ3) is 2.63. The molecule has 1 heteroatoms. The molecule has 0 aromatic heterocycles. The molecule has 12 heavy (non-hydrogen) atoms. The zero-order valence-corrected chi connectivity index (χ0v) is 8.85. The van der Waals surface area contributed by atoms with Crippen molar-refractivity contribution in [3.63, 3.8) is 0 Å². The Bertz CT molecular complexity index is 144. The van der Waals surface area contributed by atoms with E-state index in [-0.39, 0.29) is 5.41 Å². The largest absolute Gasteiger partial charge is 0.389 e. The summed E-state index contributed by atoms with van der Waals surface area (Å²) in [5.41, 5.74) is -0.638. The highest BCUT2D eigenvalue weighted by molar-refractivity contribution is 4.94. The molecule has 0 fully saturated rings. The zero-order chi connectivity index (χ0) is 9.83. The van der Waals surface area contributed by atoms with E-state index < -0.39 is 5.60 Å². The summed E-state index contributed by atoms with van der Waals surface area (Å²) in [4.78, 5) is 0. The van der Waals surface area contributed by atoms with Crippen molar-refractivity contribution in [3.8, 4) is 0 Å². The average Bonchev–Trinajstić information content (AvgIpc) is 1.86. The highest BCUT2D eigenvalue weighted by Crippen LogP contribution is 2.37. The summed E-state index contributed by atoms with van der Waals surface area (Å²) >= 11 is 0. The minimum atomic E-state index is -0.580.